The number of anilines is 1. The van der Waals surface area contributed by atoms with E-state index in [1.54, 1.807) is 6.20 Å². The molecule has 4 rings (SSSR count). The second-order valence-electron chi connectivity index (χ2n) is 6.85. The molecule has 0 aromatic carbocycles. The zero-order valence-electron chi connectivity index (χ0n) is 13.8. The van der Waals surface area contributed by atoms with Crippen molar-refractivity contribution >= 4 is 11.7 Å². The summed E-state index contributed by atoms with van der Waals surface area (Å²) < 4.78 is 5.40. The van der Waals surface area contributed by atoms with Crippen LogP contribution in [-0.4, -0.2) is 55.8 Å². The first-order chi connectivity index (χ1) is 11.8. The van der Waals surface area contributed by atoms with E-state index >= 15 is 0 Å². The number of nitrogens with zero attached hydrogens (tertiary/aromatic N) is 2. The Morgan fingerprint density at radius 2 is 2.21 bits per heavy atom. The molecular weight excluding hydrogens is 306 g/mol. The maximum Gasteiger partial charge on any atom is 0.255 e. The van der Waals surface area contributed by atoms with E-state index < -0.39 is 0 Å². The lowest BCUT2D eigenvalue weighted by molar-refractivity contribution is 0.0916. The van der Waals surface area contributed by atoms with Crippen molar-refractivity contribution in [1.82, 2.24) is 21.2 Å². The second kappa shape index (κ2) is 7.04. The third kappa shape index (κ3) is 3.24. The number of amides is 1. The van der Waals surface area contributed by atoms with E-state index in [1.165, 1.54) is 0 Å². The Labute approximate surface area is 142 Å². The van der Waals surface area contributed by atoms with Crippen LogP contribution in [0.3, 0.4) is 0 Å². The minimum Gasteiger partial charge on any atom is -0.378 e. The molecule has 1 aromatic heterocycles. The third-order valence-electron chi connectivity index (χ3n) is 5.31. The van der Waals surface area contributed by atoms with Gasteiger partial charge in [0.2, 0.25) is 0 Å². The van der Waals surface area contributed by atoms with Gasteiger partial charge in [0.15, 0.2) is 0 Å². The van der Waals surface area contributed by atoms with Crippen LogP contribution < -0.4 is 21.1 Å². The molecule has 0 spiro atoms. The van der Waals surface area contributed by atoms with Gasteiger partial charge in [0.1, 0.15) is 5.82 Å². The zero-order chi connectivity index (χ0) is 16.4. The molecular formula is C17H25N5O2. The normalized spacial score (nSPS) is 30.0. The highest BCUT2D eigenvalue weighted by Gasteiger charge is 2.34. The van der Waals surface area contributed by atoms with Gasteiger partial charge in [-0.25, -0.2) is 4.98 Å². The summed E-state index contributed by atoms with van der Waals surface area (Å²) in [7, 11) is 0. The number of carbonyl (C=O) groups excluding carboxylic acids is 1. The summed E-state index contributed by atoms with van der Waals surface area (Å²) in [6.45, 7) is 3.92. The van der Waals surface area contributed by atoms with E-state index in [9.17, 15) is 4.79 Å². The Morgan fingerprint density at radius 3 is 3.08 bits per heavy atom. The van der Waals surface area contributed by atoms with Crippen LogP contribution >= 0.6 is 0 Å². The number of nitrogens with one attached hydrogen (secondary N) is 3. The van der Waals surface area contributed by atoms with Gasteiger partial charge in [-0.2, -0.15) is 0 Å². The first-order valence-corrected chi connectivity index (χ1v) is 8.88. The van der Waals surface area contributed by atoms with E-state index in [4.69, 9.17) is 4.74 Å². The molecule has 7 nitrogen and oxygen atoms in total. The topological polar surface area (TPSA) is 78.5 Å². The van der Waals surface area contributed by atoms with Crippen molar-refractivity contribution in [3.8, 4) is 0 Å². The number of hydrazine groups is 1. The average Bonchev–Trinajstić information content (AvgIpc) is 3.10. The lowest BCUT2D eigenvalue weighted by Crippen LogP contribution is -2.44. The second-order valence-corrected chi connectivity index (χ2v) is 6.85. The molecule has 1 aliphatic carbocycles. The first kappa shape index (κ1) is 15.8. The Kier molecular flexibility index (Phi) is 4.64. The van der Waals surface area contributed by atoms with Crippen molar-refractivity contribution in [2.75, 3.05) is 37.7 Å². The maximum atomic E-state index is 12.8. The standard InChI is InChI=1S/C17H25N5O2/c23-17(20-13-3-4-15-12(10-13)11-19-21-15)14-2-1-5-18-16(14)22-6-8-24-9-7-22/h1-2,5,12-13,15,19,21H,3-4,6-11H2,(H,20,23). The number of hydrogen-bond acceptors (Lipinski definition) is 6. The van der Waals surface area contributed by atoms with Crippen LogP contribution in [0.5, 0.6) is 0 Å². The molecule has 0 radical (unpaired) electrons. The number of ether oxygens (including phenoxy) is 1. The van der Waals surface area contributed by atoms with E-state index in [0.29, 0.717) is 30.7 Å². The predicted molar refractivity (Wildman–Crippen MR) is 90.8 cm³/mol. The van der Waals surface area contributed by atoms with Crippen LogP contribution in [0.15, 0.2) is 18.3 Å². The van der Waals surface area contributed by atoms with E-state index in [2.05, 4.69) is 26.1 Å². The van der Waals surface area contributed by atoms with Gasteiger partial charge >= 0.3 is 0 Å². The summed E-state index contributed by atoms with van der Waals surface area (Å²) in [5, 5.41) is 3.23. The zero-order valence-corrected chi connectivity index (χ0v) is 13.8. The molecule has 1 saturated carbocycles. The molecule has 24 heavy (non-hydrogen) atoms. The molecule has 7 heteroatoms. The van der Waals surface area contributed by atoms with Crippen LogP contribution in [0.1, 0.15) is 29.6 Å². The van der Waals surface area contributed by atoms with Gasteiger partial charge in [0, 0.05) is 37.9 Å². The van der Waals surface area contributed by atoms with E-state index in [-0.39, 0.29) is 11.9 Å². The quantitative estimate of drug-likeness (QED) is 0.739. The molecule has 3 unspecified atom stereocenters. The van der Waals surface area contributed by atoms with Crippen LogP contribution in [0, 0.1) is 5.92 Å². The summed E-state index contributed by atoms with van der Waals surface area (Å²) in [6, 6.07) is 4.51. The summed E-state index contributed by atoms with van der Waals surface area (Å²) in [6.07, 6.45) is 4.91. The predicted octanol–water partition coefficient (Wildman–Crippen LogP) is 0.293. The van der Waals surface area contributed by atoms with Crippen molar-refractivity contribution in [3.63, 3.8) is 0 Å². The first-order valence-electron chi connectivity index (χ1n) is 8.88. The Balaban J connectivity index is 1.44. The van der Waals surface area contributed by atoms with Gasteiger partial charge in [-0.3, -0.25) is 15.6 Å². The SMILES string of the molecule is O=C(NC1CCC2NNCC2C1)c1cccnc1N1CCOCC1. The summed E-state index contributed by atoms with van der Waals surface area (Å²) >= 11 is 0. The number of hydrogen-bond donors (Lipinski definition) is 3. The van der Waals surface area contributed by atoms with Crippen LogP contribution in [0.25, 0.3) is 0 Å². The van der Waals surface area contributed by atoms with Crippen molar-refractivity contribution in [3.05, 3.63) is 23.9 Å². The molecule has 3 aliphatic rings. The summed E-state index contributed by atoms with van der Waals surface area (Å²) in [4.78, 5) is 19.4. The fraction of sp³-hybridized carbons (Fsp3) is 0.647. The molecule has 1 aromatic rings. The molecule has 2 aliphatic heterocycles. The largest absolute Gasteiger partial charge is 0.378 e. The maximum absolute atomic E-state index is 12.8. The number of aromatic nitrogens is 1. The molecule has 130 valence electrons. The van der Waals surface area contributed by atoms with E-state index in [0.717, 1.165) is 44.7 Å². The highest BCUT2D eigenvalue weighted by molar-refractivity contribution is 5.99. The average molecular weight is 331 g/mol. The molecule has 3 fully saturated rings. The lowest BCUT2D eigenvalue weighted by atomic mass is 9.83. The molecule has 3 atom stereocenters. The van der Waals surface area contributed by atoms with Crippen molar-refractivity contribution in [2.45, 2.75) is 31.3 Å². The lowest BCUT2D eigenvalue weighted by Gasteiger charge is -2.32. The molecule has 3 N–H and O–H groups in total. The Bertz CT molecular complexity index is 590. The fourth-order valence-corrected chi connectivity index (χ4v) is 4.00. The van der Waals surface area contributed by atoms with Gasteiger partial charge < -0.3 is 15.0 Å². The Morgan fingerprint density at radius 1 is 1.33 bits per heavy atom. The number of fused-ring (bicyclic) bond motifs is 1. The van der Waals surface area contributed by atoms with Gasteiger partial charge in [-0.05, 0) is 37.3 Å². The number of pyridine rings is 1. The van der Waals surface area contributed by atoms with Crippen LogP contribution in [-0.2, 0) is 4.74 Å². The highest BCUT2D eigenvalue weighted by Crippen LogP contribution is 2.27. The van der Waals surface area contributed by atoms with Gasteiger partial charge in [-0.1, -0.05) is 0 Å². The molecule has 3 heterocycles. The fourth-order valence-electron chi connectivity index (χ4n) is 4.00. The Hall–Kier alpha value is -1.70. The number of morpholine rings is 1. The molecule has 1 amide bonds. The van der Waals surface area contributed by atoms with E-state index in [1.807, 2.05) is 12.1 Å². The van der Waals surface area contributed by atoms with Crippen molar-refractivity contribution in [1.29, 1.82) is 0 Å². The van der Waals surface area contributed by atoms with Crippen molar-refractivity contribution < 1.29 is 9.53 Å². The van der Waals surface area contributed by atoms with Crippen LogP contribution in [0.2, 0.25) is 0 Å². The number of rotatable bonds is 3. The molecule has 2 saturated heterocycles. The summed E-state index contributed by atoms with van der Waals surface area (Å²) in [5.41, 5.74) is 7.23. The summed E-state index contributed by atoms with van der Waals surface area (Å²) in [5.74, 6) is 1.37. The smallest absolute Gasteiger partial charge is 0.255 e. The minimum atomic E-state index is -0.00745. The monoisotopic (exact) mass is 331 g/mol. The van der Waals surface area contributed by atoms with Gasteiger partial charge in [0.05, 0.1) is 18.8 Å². The molecule has 0 bridgehead atoms. The van der Waals surface area contributed by atoms with Gasteiger partial charge in [0.25, 0.3) is 5.91 Å². The van der Waals surface area contributed by atoms with Gasteiger partial charge in [-0.15, -0.1) is 0 Å². The minimum absolute atomic E-state index is 0.00745. The highest BCUT2D eigenvalue weighted by atomic mass is 16.5. The third-order valence-corrected chi connectivity index (χ3v) is 5.31. The number of carbonyl (C=O) groups is 1. The van der Waals surface area contributed by atoms with Crippen LogP contribution in [0.4, 0.5) is 5.82 Å². The van der Waals surface area contributed by atoms with Crippen molar-refractivity contribution in [2.24, 2.45) is 5.92 Å².